The number of rotatable bonds is 5. The maximum atomic E-state index is 13.0. The molecule has 10 heteroatoms. The van der Waals surface area contributed by atoms with Gasteiger partial charge in [-0.05, 0) is 55.0 Å². The van der Waals surface area contributed by atoms with E-state index in [2.05, 4.69) is 12.2 Å². The second kappa shape index (κ2) is 7.82. The molecule has 1 aliphatic heterocycles. The van der Waals surface area contributed by atoms with Gasteiger partial charge in [0.15, 0.2) is 0 Å². The molecule has 1 aliphatic carbocycles. The maximum absolute atomic E-state index is 13.0. The molecule has 156 valence electrons. The summed E-state index contributed by atoms with van der Waals surface area (Å²) in [7, 11) is -3.72. The lowest BCUT2D eigenvalue weighted by molar-refractivity contribution is -0.119. The molecular formula is C19H23N3O4S3. The number of amides is 2. The Balaban J connectivity index is 1.60. The van der Waals surface area contributed by atoms with Crippen LogP contribution in [0, 0.1) is 5.92 Å². The van der Waals surface area contributed by atoms with Crippen LogP contribution in [0.2, 0.25) is 0 Å². The van der Waals surface area contributed by atoms with Gasteiger partial charge in [-0.3, -0.25) is 9.59 Å². The number of anilines is 1. The molecule has 7 nitrogen and oxygen atoms in total. The standard InChI is InChI=1S/C19H23N3O4S3/c1-11-6-7-12-14(10-11)28-19(16(12)17(20)23)21-18(24)13-4-2-8-22(13)29(25,26)15-5-3-9-27-15/h3,5,9,11,13H,2,4,6-8,10H2,1H3,(H2,20,23)(H,21,24)/t11-,13+/m0/s1. The van der Waals surface area contributed by atoms with E-state index >= 15 is 0 Å². The van der Waals surface area contributed by atoms with Crippen molar-refractivity contribution >= 4 is 49.5 Å². The second-order valence-electron chi connectivity index (χ2n) is 7.62. The highest BCUT2D eigenvalue weighted by atomic mass is 32.2. The predicted octanol–water partition coefficient (Wildman–Crippen LogP) is 2.83. The number of nitrogens with zero attached hydrogens (tertiary/aromatic N) is 1. The first-order chi connectivity index (χ1) is 13.8. The average Bonchev–Trinajstić information content (AvgIpc) is 3.40. The zero-order chi connectivity index (χ0) is 20.8. The second-order valence-corrected chi connectivity index (χ2v) is 11.8. The van der Waals surface area contributed by atoms with Gasteiger partial charge in [0.25, 0.3) is 15.9 Å². The van der Waals surface area contributed by atoms with Gasteiger partial charge in [-0.15, -0.1) is 22.7 Å². The third kappa shape index (κ3) is 3.74. The van der Waals surface area contributed by atoms with Gasteiger partial charge in [0, 0.05) is 11.4 Å². The van der Waals surface area contributed by atoms with E-state index in [0.717, 1.165) is 41.0 Å². The summed E-state index contributed by atoms with van der Waals surface area (Å²) >= 11 is 2.53. The lowest BCUT2D eigenvalue weighted by atomic mass is 9.88. The third-order valence-corrected chi connectivity index (χ3v) is 10.0. The molecule has 0 radical (unpaired) electrons. The summed E-state index contributed by atoms with van der Waals surface area (Å²) in [5.74, 6) is -0.440. The molecule has 1 saturated heterocycles. The maximum Gasteiger partial charge on any atom is 0.253 e. The van der Waals surface area contributed by atoms with Crippen LogP contribution in [0.3, 0.4) is 0 Å². The Morgan fingerprint density at radius 3 is 2.79 bits per heavy atom. The van der Waals surface area contributed by atoms with Crippen LogP contribution in [0.4, 0.5) is 5.00 Å². The van der Waals surface area contributed by atoms with E-state index in [1.165, 1.54) is 15.6 Å². The van der Waals surface area contributed by atoms with E-state index in [0.29, 0.717) is 35.9 Å². The number of sulfonamides is 1. The van der Waals surface area contributed by atoms with Gasteiger partial charge in [-0.1, -0.05) is 13.0 Å². The van der Waals surface area contributed by atoms with Crippen molar-refractivity contribution in [2.45, 2.75) is 49.3 Å². The van der Waals surface area contributed by atoms with Crippen molar-refractivity contribution in [1.82, 2.24) is 4.31 Å². The molecule has 2 aromatic heterocycles. The average molecular weight is 454 g/mol. The zero-order valence-electron chi connectivity index (χ0n) is 16.0. The van der Waals surface area contributed by atoms with Gasteiger partial charge < -0.3 is 11.1 Å². The molecule has 0 aromatic carbocycles. The fourth-order valence-electron chi connectivity index (χ4n) is 4.11. The monoisotopic (exact) mass is 453 g/mol. The van der Waals surface area contributed by atoms with E-state index in [-0.39, 0.29) is 4.21 Å². The fraction of sp³-hybridized carbons (Fsp3) is 0.474. The number of nitrogens with one attached hydrogen (secondary N) is 1. The fourth-order valence-corrected chi connectivity index (χ4v) is 8.31. The highest BCUT2D eigenvalue weighted by molar-refractivity contribution is 7.91. The van der Waals surface area contributed by atoms with Crippen molar-refractivity contribution in [2.75, 3.05) is 11.9 Å². The van der Waals surface area contributed by atoms with Gasteiger partial charge in [-0.25, -0.2) is 8.42 Å². The van der Waals surface area contributed by atoms with Crippen LogP contribution in [0.5, 0.6) is 0 Å². The van der Waals surface area contributed by atoms with Crippen molar-refractivity contribution in [2.24, 2.45) is 11.7 Å². The first kappa shape index (κ1) is 20.5. The Hall–Kier alpha value is -1.75. The van der Waals surface area contributed by atoms with Crippen LogP contribution in [0.1, 0.15) is 47.0 Å². The molecule has 0 bridgehead atoms. The Labute approximate surface area is 178 Å². The summed E-state index contributed by atoms with van der Waals surface area (Å²) in [5.41, 5.74) is 6.94. The van der Waals surface area contributed by atoms with Gasteiger partial charge in [-0.2, -0.15) is 4.31 Å². The molecule has 2 aromatic rings. The normalized spacial score (nSPS) is 22.4. The van der Waals surface area contributed by atoms with Crippen LogP contribution in [0.15, 0.2) is 21.7 Å². The van der Waals surface area contributed by atoms with Gasteiger partial charge >= 0.3 is 0 Å². The summed E-state index contributed by atoms with van der Waals surface area (Å²) in [6, 6.07) is 2.44. The minimum absolute atomic E-state index is 0.232. The molecule has 3 N–H and O–H groups in total. The lowest BCUT2D eigenvalue weighted by Crippen LogP contribution is -2.43. The van der Waals surface area contributed by atoms with Crippen LogP contribution in [0.25, 0.3) is 0 Å². The molecule has 29 heavy (non-hydrogen) atoms. The predicted molar refractivity (Wildman–Crippen MR) is 114 cm³/mol. The van der Waals surface area contributed by atoms with Crippen molar-refractivity contribution in [1.29, 1.82) is 0 Å². The minimum Gasteiger partial charge on any atom is -0.365 e. The zero-order valence-corrected chi connectivity index (χ0v) is 18.5. The van der Waals surface area contributed by atoms with Crippen molar-refractivity contribution in [3.05, 3.63) is 33.5 Å². The summed E-state index contributed by atoms with van der Waals surface area (Å²) in [6.45, 7) is 2.47. The lowest BCUT2D eigenvalue weighted by Gasteiger charge is -2.22. The first-order valence-corrected chi connectivity index (χ1v) is 12.7. The molecule has 2 amide bonds. The highest BCUT2D eigenvalue weighted by Crippen LogP contribution is 2.40. The van der Waals surface area contributed by atoms with Crippen LogP contribution in [-0.2, 0) is 27.7 Å². The van der Waals surface area contributed by atoms with E-state index in [4.69, 9.17) is 5.73 Å². The van der Waals surface area contributed by atoms with Crippen LogP contribution in [-0.4, -0.2) is 37.1 Å². The number of fused-ring (bicyclic) bond motifs is 1. The number of carbonyl (C=O) groups is 2. The van der Waals surface area contributed by atoms with E-state index in [1.54, 1.807) is 17.5 Å². The number of hydrogen-bond acceptors (Lipinski definition) is 6. The molecular weight excluding hydrogens is 430 g/mol. The van der Waals surface area contributed by atoms with Crippen molar-refractivity contribution < 1.29 is 18.0 Å². The molecule has 2 atom stereocenters. The molecule has 2 aliphatic rings. The quantitative estimate of drug-likeness (QED) is 0.725. The molecule has 4 rings (SSSR count). The largest absolute Gasteiger partial charge is 0.365 e. The third-order valence-electron chi connectivity index (χ3n) is 5.56. The molecule has 0 saturated carbocycles. The minimum atomic E-state index is -3.72. The Morgan fingerprint density at radius 1 is 1.31 bits per heavy atom. The topological polar surface area (TPSA) is 110 Å². The number of thiophene rings is 2. The highest BCUT2D eigenvalue weighted by Gasteiger charge is 2.40. The summed E-state index contributed by atoms with van der Waals surface area (Å²) in [5, 5.41) is 4.98. The number of primary amides is 1. The summed E-state index contributed by atoms with van der Waals surface area (Å²) < 4.78 is 27.3. The number of hydrogen-bond donors (Lipinski definition) is 2. The molecule has 0 unspecified atom stereocenters. The van der Waals surface area contributed by atoms with Crippen LogP contribution < -0.4 is 11.1 Å². The van der Waals surface area contributed by atoms with Crippen molar-refractivity contribution in [3.8, 4) is 0 Å². The number of carbonyl (C=O) groups excluding carboxylic acids is 2. The smallest absolute Gasteiger partial charge is 0.253 e. The van der Waals surface area contributed by atoms with Gasteiger partial charge in [0.2, 0.25) is 5.91 Å². The van der Waals surface area contributed by atoms with E-state index in [9.17, 15) is 18.0 Å². The van der Waals surface area contributed by atoms with Crippen LogP contribution >= 0.6 is 22.7 Å². The Bertz CT molecular complexity index is 1040. The number of nitrogens with two attached hydrogens (primary N) is 1. The summed E-state index contributed by atoms with van der Waals surface area (Å²) in [6.07, 6.45) is 3.67. The van der Waals surface area contributed by atoms with E-state index in [1.807, 2.05) is 0 Å². The van der Waals surface area contributed by atoms with E-state index < -0.39 is 27.9 Å². The molecule has 3 heterocycles. The molecule has 0 spiro atoms. The Kier molecular flexibility index (Phi) is 5.54. The SMILES string of the molecule is C[C@H]1CCc2c(sc(NC(=O)[C@H]3CCCN3S(=O)(=O)c3cccs3)c2C(N)=O)C1. The van der Waals surface area contributed by atoms with Crippen molar-refractivity contribution in [3.63, 3.8) is 0 Å². The Morgan fingerprint density at radius 2 is 2.10 bits per heavy atom. The molecule has 1 fully saturated rings. The first-order valence-electron chi connectivity index (χ1n) is 9.59. The summed E-state index contributed by atoms with van der Waals surface area (Å²) in [4.78, 5) is 26.2. The van der Waals surface area contributed by atoms with Gasteiger partial charge in [0.1, 0.15) is 15.3 Å². The van der Waals surface area contributed by atoms with Gasteiger partial charge in [0.05, 0.1) is 5.56 Å².